The summed E-state index contributed by atoms with van der Waals surface area (Å²) in [6, 6.07) is 28.4. The summed E-state index contributed by atoms with van der Waals surface area (Å²) in [5.74, 6) is 0.453. The van der Waals surface area contributed by atoms with Crippen molar-refractivity contribution in [3.8, 4) is 67.5 Å². The monoisotopic (exact) mass is 677 g/mol. The molecule has 246 valence electrons. The lowest BCUT2D eigenvalue weighted by Crippen LogP contribution is -2.14. The van der Waals surface area contributed by atoms with Crippen LogP contribution in [0.2, 0.25) is 0 Å². The molecule has 4 nitrogen and oxygen atoms in total. The molecule has 0 saturated heterocycles. The number of aromatic nitrogens is 3. The summed E-state index contributed by atoms with van der Waals surface area (Å²) < 4.78 is 91.0. The summed E-state index contributed by atoms with van der Waals surface area (Å²) in [6.07, 6.45) is 0. The van der Waals surface area contributed by atoms with E-state index in [1.165, 1.54) is 0 Å². The fourth-order valence-electron chi connectivity index (χ4n) is 7.48. The average Bonchev–Trinajstić information content (AvgIpc) is 3.78. The molecule has 0 unspecified atom stereocenters. The molecule has 0 atom stereocenters. The van der Waals surface area contributed by atoms with E-state index in [0.29, 0.717) is 38.6 Å². The van der Waals surface area contributed by atoms with Crippen LogP contribution in [-0.2, 0) is 5.41 Å². The first kappa shape index (κ1) is 21.5. The van der Waals surface area contributed by atoms with Crippen LogP contribution in [0.15, 0.2) is 168 Å². The van der Waals surface area contributed by atoms with E-state index in [4.69, 9.17) is 33.1 Å². The number of nitrogens with zero attached hydrogens (tertiary/aromatic N) is 3. The van der Waals surface area contributed by atoms with E-state index in [-0.39, 0.29) is 46.1 Å². The van der Waals surface area contributed by atoms with Crippen molar-refractivity contribution in [1.29, 1.82) is 0 Å². The molecule has 0 aliphatic heterocycles. The van der Waals surface area contributed by atoms with Crippen LogP contribution >= 0.6 is 0 Å². The standard InChI is InChI=1S/C48H33N3O/c1-48(2)39-23-10-9-20-36(39)43-38(22-12-24-40(43)48)47-50-45(31-16-7-4-8-17-31)49-46(51-47)34-19-11-18-32(28-34)33-26-27-37-42(29-33)52-41-25-13-21-35(44(37)41)30-14-5-3-6-15-30/h3-29H,1-2H3/i3D,4D,5D,6D,7D,8D,14D,15D,16D,17D. The maximum absolute atomic E-state index is 8.83. The third kappa shape index (κ3) is 4.79. The Morgan fingerprint density at radius 2 is 1.10 bits per heavy atom. The Morgan fingerprint density at radius 1 is 0.481 bits per heavy atom. The molecule has 0 bridgehead atoms. The van der Waals surface area contributed by atoms with E-state index < -0.39 is 48.3 Å². The minimum absolute atomic E-state index is 0.0610. The molecule has 0 amide bonds. The van der Waals surface area contributed by atoms with E-state index >= 15 is 0 Å². The van der Waals surface area contributed by atoms with E-state index in [0.717, 1.165) is 33.4 Å². The highest BCUT2D eigenvalue weighted by Gasteiger charge is 2.37. The second kappa shape index (κ2) is 11.7. The predicted octanol–water partition coefficient (Wildman–Crippen LogP) is 12.4. The SMILES string of the molecule is [2H]c1c([2H])c([2H])c(-c2nc(-c3cccc(-c4ccc5c(c4)oc4cccc(-c6c([2H])c([2H])c([2H])c([2H])c6[2H])c45)c3)nc(-c3cccc4c3-c3ccccc3C4(C)C)n2)c([2H])c1[2H]. The molecule has 1 aliphatic carbocycles. The van der Waals surface area contributed by atoms with Crippen molar-refractivity contribution >= 4 is 21.9 Å². The molecule has 7 aromatic carbocycles. The van der Waals surface area contributed by atoms with Crippen LogP contribution < -0.4 is 0 Å². The van der Waals surface area contributed by atoms with Gasteiger partial charge < -0.3 is 4.42 Å². The van der Waals surface area contributed by atoms with Gasteiger partial charge in [-0.25, -0.2) is 15.0 Å². The number of hydrogen-bond acceptors (Lipinski definition) is 4. The molecular formula is C48H33N3O. The molecule has 0 radical (unpaired) electrons. The first-order valence-electron chi connectivity index (χ1n) is 21.9. The Labute approximate surface area is 316 Å². The van der Waals surface area contributed by atoms with Crippen molar-refractivity contribution in [2.75, 3.05) is 0 Å². The van der Waals surface area contributed by atoms with Gasteiger partial charge in [0, 0.05) is 32.9 Å². The van der Waals surface area contributed by atoms with Crippen LogP contribution in [0, 0.1) is 0 Å². The highest BCUT2D eigenvalue weighted by atomic mass is 16.3. The minimum atomic E-state index is -0.516. The Hall–Kier alpha value is -6.65. The average molecular weight is 678 g/mol. The second-order valence-electron chi connectivity index (χ2n) is 13.3. The van der Waals surface area contributed by atoms with E-state index in [1.807, 2.05) is 66.7 Å². The molecule has 9 aromatic rings. The third-order valence-electron chi connectivity index (χ3n) is 9.93. The van der Waals surface area contributed by atoms with Crippen LogP contribution in [-0.4, -0.2) is 15.0 Å². The second-order valence-corrected chi connectivity index (χ2v) is 13.3. The number of fused-ring (bicyclic) bond motifs is 6. The van der Waals surface area contributed by atoms with E-state index in [2.05, 4.69) is 32.0 Å². The molecule has 2 heterocycles. The van der Waals surface area contributed by atoms with E-state index in [1.54, 1.807) is 18.2 Å². The first-order valence-corrected chi connectivity index (χ1v) is 16.9. The molecule has 10 rings (SSSR count). The Morgan fingerprint density at radius 3 is 1.92 bits per heavy atom. The lowest BCUT2D eigenvalue weighted by Gasteiger charge is -2.21. The normalized spacial score (nSPS) is 15.7. The van der Waals surface area contributed by atoms with Crippen LogP contribution in [0.5, 0.6) is 0 Å². The summed E-state index contributed by atoms with van der Waals surface area (Å²) in [5.41, 5.74) is 8.22. The molecule has 0 saturated carbocycles. The van der Waals surface area contributed by atoms with Gasteiger partial charge in [-0.05, 0) is 68.8 Å². The Bertz CT molecular complexity index is 3360. The lowest BCUT2D eigenvalue weighted by atomic mass is 9.82. The summed E-state index contributed by atoms with van der Waals surface area (Å²) in [4.78, 5) is 14.7. The van der Waals surface area contributed by atoms with Gasteiger partial charge in [0.1, 0.15) is 11.2 Å². The smallest absolute Gasteiger partial charge is 0.164 e. The van der Waals surface area contributed by atoms with Crippen molar-refractivity contribution in [2.24, 2.45) is 0 Å². The molecule has 52 heavy (non-hydrogen) atoms. The minimum Gasteiger partial charge on any atom is -0.456 e. The molecule has 0 N–H and O–H groups in total. The topological polar surface area (TPSA) is 51.8 Å². The summed E-state index contributed by atoms with van der Waals surface area (Å²) in [7, 11) is 0. The van der Waals surface area contributed by atoms with Gasteiger partial charge in [-0.1, -0.05) is 153 Å². The fraction of sp³-hybridized carbons (Fsp3) is 0.0625. The highest BCUT2D eigenvalue weighted by molar-refractivity contribution is 6.13. The first-order chi connectivity index (χ1) is 29.7. The summed E-state index contributed by atoms with van der Waals surface area (Å²) in [5, 5.41) is 1.32. The van der Waals surface area contributed by atoms with Gasteiger partial charge in [0.2, 0.25) is 0 Å². The number of benzene rings is 7. The zero-order chi connectivity index (χ0) is 43.5. The molecular weight excluding hydrogens is 635 g/mol. The zero-order valence-electron chi connectivity index (χ0n) is 38.1. The van der Waals surface area contributed by atoms with Crippen molar-refractivity contribution in [2.45, 2.75) is 19.3 Å². The van der Waals surface area contributed by atoms with Crippen LogP contribution in [0.3, 0.4) is 0 Å². The van der Waals surface area contributed by atoms with Crippen molar-refractivity contribution in [3.05, 3.63) is 175 Å². The lowest BCUT2D eigenvalue weighted by molar-refractivity contribution is 0.660. The van der Waals surface area contributed by atoms with Gasteiger partial charge in [0.15, 0.2) is 17.5 Å². The Balaban J connectivity index is 1.14. The van der Waals surface area contributed by atoms with Gasteiger partial charge >= 0.3 is 0 Å². The summed E-state index contributed by atoms with van der Waals surface area (Å²) >= 11 is 0. The maximum atomic E-state index is 8.83. The fourth-order valence-corrected chi connectivity index (χ4v) is 7.48. The molecule has 1 aliphatic rings. The van der Waals surface area contributed by atoms with Crippen LogP contribution in [0.25, 0.3) is 89.5 Å². The molecule has 0 fully saturated rings. The molecule has 4 heteroatoms. The molecule has 2 aromatic heterocycles. The van der Waals surface area contributed by atoms with Crippen molar-refractivity contribution in [1.82, 2.24) is 15.0 Å². The third-order valence-corrected chi connectivity index (χ3v) is 9.93. The van der Waals surface area contributed by atoms with Crippen molar-refractivity contribution in [3.63, 3.8) is 0 Å². The van der Waals surface area contributed by atoms with Gasteiger partial charge in [-0.2, -0.15) is 0 Å². The zero-order valence-corrected chi connectivity index (χ0v) is 28.1. The van der Waals surface area contributed by atoms with Crippen LogP contribution in [0.4, 0.5) is 0 Å². The highest BCUT2D eigenvalue weighted by Crippen LogP contribution is 2.51. The van der Waals surface area contributed by atoms with Gasteiger partial charge in [-0.15, -0.1) is 0 Å². The number of rotatable bonds is 5. The van der Waals surface area contributed by atoms with Crippen molar-refractivity contribution < 1.29 is 18.1 Å². The van der Waals surface area contributed by atoms with E-state index in [9.17, 15) is 0 Å². The van der Waals surface area contributed by atoms with Crippen LogP contribution in [0.1, 0.15) is 38.7 Å². The van der Waals surface area contributed by atoms with Gasteiger partial charge in [-0.3, -0.25) is 0 Å². The maximum Gasteiger partial charge on any atom is 0.164 e. The number of furan rings is 1. The molecule has 0 spiro atoms. The van der Waals surface area contributed by atoms with Gasteiger partial charge in [0.25, 0.3) is 0 Å². The van der Waals surface area contributed by atoms with Gasteiger partial charge in [0.05, 0.1) is 13.7 Å². The quantitative estimate of drug-likeness (QED) is 0.182. The summed E-state index contributed by atoms with van der Waals surface area (Å²) in [6.45, 7) is 4.35. The largest absolute Gasteiger partial charge is 0.456 e. The number of hydrogen-bond donors (Lipinski definition) is 0. The Kier molecular flexibility index (Phi) is 4.85. The predicted molar refractivity (Wildman–Crippen MR) is 212 cm³/mol.